The Morgan fingerprint density at radius 1 is 0.821 bits per heavy atom. The smallest absolute Gasteiger partial charge is 0.268 e. The van der Waals surface area contributed by atoms with Gasteiger partial charge in [-0.25, -0.2) is 9.88 Å². The van der Waals surface area contributed by atoms with Crippen LogP contribution in [0.3, 0.4) is 0 Å². The fraction of sp³-hybridized carbons (Fsp3) is 0. The molecule has 0 aliphatic carbocycles. The normalized spacial score (nSPS) is 13.1. The molecule has 0 saturated heterocycles. The van der Waals surface area contributed by atoms with E-state index in [9.17, 15) is 29.8 Å². The molecule has 3 aromatic rings. The van der Waals surface area contributed by atoms with E-state index >= 15 is 0 Å². The molecule has 2 heterocycles. The lowest BCUT2D eigenvalue weighted by Crippen LogP contribution is -2.41. The largest absolute Gasteiger partial charge is 0.284 e. The number of carbonyl (C=O) groups excluding carboxylic acids is 2. The van der Waals surface area contributed by atoms with Crippen molar-refractivity contribution in [3.63, 3.8) is 0 Å². The Morgan fingerprint density at radius 3 is 1.79 bits per heavy atom. The molecule has 0 saturated carbocycles. The molecular weight excluding hydrogens is 392 g/mol. The Bertz CT molecular complexity index is 1160. The summed E-state index contributed by atoms with van der Waals surface area (Å²) in [6.07, 6.45) is 1.26. The van der Waals surface area contributed by atoms with E-state index in [1.54, 1.807) is 0 Å². The van der Waals surface area contributed by atoms with Crippen molar-refractivity contribution in [1.29, 1.82) is 0 Å². The molecule has 10 nitrogen and oxygen atoms in total. The molecule has 2 amide bonds. The molecule has 1 aliphatic heterocycles. The van der Waals surface area contributed by atoms with Crippen LogP contribution in [0.25, 0.3) is 10.8 Å². The van der Waals surface area contributed by atoms with Gasteiger partial charge in [0.2, 0.25) is 0 Å². The predicted molar refractivity (Wildman–Crippen MR) is 97.6 cm³/mol. The fourth-order valence-electron chi connectivity index (χ4n) is 3.16. The highest BCUT2D eigenvalue weighted by atomic mass is 35.5. The van der Waals surface area contributed by atoms with E-state index in [1.807, 2.05) is 0 Å². The maximum atomic E-state index is 13.0. The first-order chi connectivity index (χ1) is 13.3. The monoisotopic (exact) mass is 398 g/mol. The first-order valence-corrected chi connectivity index (χ1v) is 8.08. The summed E-state index contributed by atoms with van der Waals surface area (Å²) in [6, 6.07) is 7.18. The highest BCUT2D eigenvalue weighted by Gasteiger charge is 2.38. The maximum absolute atomic E-state index is 13.0. The second-order valence-corrected chi connectivity index (χ2v) is 6.25. The van der Waals surface area contributed by atoms with E-state index in [-0.39, 0.29) is 27.7 Å². The van der Waals surface area contributed by atoms with Gasteiger partial charge in [-0.1, -0.05) is 11.6 Å². The number of nitrogens with zero attached hydrogens (tertiary/aromatic N) is 4. The standard InChI is InChI=1S/C17H7ClN4O6/c18-8-1-6-13(19-7-8)20-16(23)9-2-4-11(21(25)26)15-12(22(27)28)5-3-10(14(9)15)17(20)24/h1-7H. The molecule has 0 spiro atoms. The van der Waals surface area contributed by atoms with Crippen molar-refractivity contribution in [2.24, 2.45) is 0 Å². The van der Waals surface area contributed by atoms with Gasteiger partial charge in [0.1, 0.15) is 11.2 Å². The van der Waals surface area contributed by atoms with E-state index in [0.29, 0.717) is 5.02 Å². The van der Waals surface area contributed by atoms with E-state index in [4.69, 9.17) is 11.6 Å². The highest BCUT2D eigenvalue weighted by Crippen LogP contribution is 2.41. The highest BCUT2D eigenvalue weighted by molar-refractivity contribution is 6.37. The molecule has 2 aromatic carbocycles. The van der Waals surface area contributed by atoms with Crippen LogP contribution < -0.4 is 4.90 Å². The minimum Gasteiger partial charge on any atom is -0.268 e. The second kappa shape index (κ2) is 6.06. The van der Waals surface area contributed by atoms with Crippen molar-refractivity contribution in [3.05, 3.63) is 79.0 Å². The summed E-state index contributed by atoms with van der Waals surface area (Å²) in [4.78, 5) is 51.8. The lowest BCUT2D eigenvalue weighted by atomic mass is 9.92. The zero-order valence-corrected chi connectivity index (χ0v) is 14.4. The van der Waals surface area contributed by atoms with Crippen molar-refractivity contribution in [3.8, 4) is 0 Å². The zero-order chi connectivity index (χ0) is 20.2. The zero-order valence-electron chi connectivity index (χ0n) is 13.7. The van der Waals surface area contributed by atoms with Gasteiger partial charge in [0, 0.05) is 34.8 Å². The van der Waals surface area contributed by atoms with E-state index in [2.05, 4.69) is 4.98 Å². The number of pyridine rings is 1. The molecule has 0 fully saturated rings. The number of nitro benzene ring substituents is 2. The van der Waals surface area contributed by atoms with Crippen molar-refractivity contribution < 1.29 is 19.4 Å². The summed E-state index contributed by atoms with van der Waals surface area (Å²) in [5, 5.41) is 22.6. The van der Waals surface area contributed by atoms with Gasteiger partial charge in [-0.2, -0.15) is 0 Å². The van der Waals surface area contributed by atoms with Gasteiger partial charge in [-0.15, -0.1) is 0 Å². The van der Waals surface area contributed by atoms with Gasteiger partial charge in [-0.3, -0.25) is 29.8 Å². The van der Waals surface area contributed by atoms with Gasteiger partial charge < -0.3 is 0 Å². The molecule has 28 heavy (non-hydrogen) atoms. The van der Waals surface area contributed by atoms with E-state index < -0.39 is 33.0 Å². The minimum absolute atomic E-state index is 0.00917. The number of nitro groups is 2. The number of halogens is 1. The SMILES string of the molecule is O=C1c2ccc([N+](=O)[O-])c3c([N+](=O)[O-])ccc(c23)C(=O)N1c1ccc(Cl)cn1. The molecule has 0 bridgehead atoms. The third-order valence-electron chi connectivity index (χ3n) is 4.32. The summed E-state index contributed by atoms with van der Waals surface area (Å²) in [5.74, 6) is -1.59. The summed E-state index contributed by atoms with van der Waals surface area (Å²) in [6.45, 7) is 0. The third-order valence-corrected chi connectivity index (χ3v) is 4.54. The number of imide groups is 1. The lowest BCUT2D eigenvalue weighted by molar-refractivity contribution is -0.390. The Labute approximate surface area is 160 Å². The molecule has 138 valence electrons. The van der Waals surface area contributed by atoms with E-state index in [1.165, 1.54) is 30.5 Å². The summed E-state index contributed by atoms with van der Waals surface area (Å²) in [5.41, 5.74) is -1.27. The predicted octanol–water partition coefficient (Wildman–Crippen LogP) is 3.51. The molecule has 1 aromatic heterocycles. The second-order valence-electron chi connectivity index (χ2n) is 5.81. The van der Waals surface area contributed by atoms with Crippen LogP contribution in [-0.2, 0) is 0 Å². The summed E-state index contributed by atoms with van der Waals surface area (Å²) >= 11 is 5.79. The number of non-ortho nitro benzene ring substituents is 2. The van der Waals surface area contributed by atoms with Gasteiger partial charge in [0.05, 0.1) is 14.9 Å². The number of aromatic nitrogens is 1. The van der Waals surface area contributed by atoms with Gasteiger partial charge >= 0.3 is 0 Å². The number of hydrogen-bond acceptors (Lipinski definition) is 7. The van der Waals surface area contributed by atoms with Crippen LogP contribution >= 0.6 is 11.6 Å². The molecule has 0 unspecified atom stereocenters. The molecule has 0 atom stereocenters. The van der Waals surface area contributed by atoms with Crippen LogP contribution in [0.1, 0.15) is 20.7 Å². The number of hydrogen-bond donors (Lipinski definition) is 0. The minimum atomic E-state index is -0.798. The van der Waals surface area contributed by atoms with Crippen molar-refractivity contribution in [1.82, 2.24) is 4.98 Å². The van der Waals surface area contributed by atoms with Crippen molar-refractivity contribution >= 4 is 51.4 Å². The van der Waals surface area contributed by atoms with Crippen LogP contribution in [0.15, 0.2) is 42.6 Å². The van der Waals surface area contributed by atoms with E-state index in [0.717, 1.165) is 17.0 Å². The Kier molecular flexibility index (Phi) is 3.79. The van der Waals surface area contributed by atoms with Crippen molar-refractivity contribution in [2.45, 2.75) is 0 Å². The van der Waals surface area contributed by atoms with Crippen LogP contribution in [0.2, 0.25) is 5.02 Å². The fourth-order valence-corrected chi connectivity index (χ4v) is 3.27. The summed E-state index contributed by atoms with van der Waals surface area (Å²) in [7, 11) is 0. The number of anilines is 1. The number of amides is 2. The lowest BCUT2D eigenvalue weighted by Gasteiger charge is -2.26. The molecule has 11 heteroatoms. The van der Waals surface area contributed by atoms with Crippen LogP contribution in [0.5, 0.6) is 0 Å². The number of benzene rings is 2. The van der Waals surface area contributed by atoms with Gasteiger partial charge in [0.15, 0.2) is 0 Å². The average molecular weight is 399 g/mol. The molecule has 0 N–H and O–H groups in total. The first kappa shape index (κ1) is 17.5. The van der Waals surface area contributed by atoms with Crippen LogP contribution in [0, 0.1) is 20.2 Å². The van der Waals surface area contributed by atoms with Crippen molar-refractivity contribution in [2.75, 3.05) is 4.90 Å². The van der Waals surface area contributed by atoms with Gasteiger partial charge in [-0.05, 0) is 24.3 Å². The Hall–Kier alpha value is -3.92. The average Bonchev–Trinajstić information content (AvgIpc) is 2.66. The molecule has 1 aliphatic rings. The van der Waals surface area contributed by atoms with Crippen LogP contribution in [0.4, 0.5) is 17.2 Å². The first-order valence-electron chi connectivity index (χ1n) is 7.70. The Balaban J connectivity index is 2.05. The Morgan fingerprint density at radius 2 is 1.36 bits per heavy atom. The molecular formula is C17H7ClN4O6. The maximum Gasteiger partial charge on any atom is 0.284 e. The molecule has 0 radical (unpaired) electrons. The summed E-state index contributed by atoms with van der Waals surface area (Å²) < 4.78 is 0. The third kappa shape index (κ3) is 2.39. The van der Waals surface area contributed by atoms with Gasteiger partial charge in [0.25, 0.3) is 23.2 Å². The number of carbonyl (C=O) groups is 2. The van der Waals surface area contributed by atoms with Crippen LogP contribution in [-0.4, -0.2) is 26.6 Å². The number of rotatable bonds is 3. The topological polar surface area (TPSA) is 137 Å². The molecule has 4 rings (SSSR count). The quantitative estimate of drug-likeness (QED) is 0.374.